The molecule has 24 heavy (non-hydrogen) atoms. The third kappa shape index (κ3) is 3.37. The average Bonchev–Trinajstić information content (AvgIpc) is 3.15. The predicted molar refractivity (Wildman–Crippen MR) is 90.3 cm³/mol. The van der Waals surface area contributed by atoms with Gasteiger partial charge in [-0.15, -0.1) is 0 Å². The van der Waals surface area contributed by atoms with Crippen LogP contribution in [0.4, 0.5) is 14.9 Å². The van der Waals surface area contributed by atoms with E-state index in [2.05, 4.69) is 0 Å². The molecule has 0 atom stereocenters. The van der Waals surface area contributed by atoms with Crippen LogP contribution in [-0.4, -0.2) is 55.0 Å². The molecule has 0 radical (unpaired) electrons. The van der Waals surface area contributed by atoms with E-state index in [1.165, 1.54) is 11.0 Å². The van der Waals surface area contributed by atoms with Crippen molar-refractivity contribution in [3.63, 3.8) is 0 Å². The number of nitrogens with zero attached hydrogens (tertiary/aromatic N) is 3. The van der Waals surface area contributed by atoms with Crippen molar-refractivity contribution < 1.29 is 14.0 Å². The fraction of sp³-hybridized carbons (Fsp3) is 0.556. The van der Waals surface area contributed by atoms with Gasteiger partial charge >= 0.3 is 6.03 Å². The summed E-state index contributed by atoms with van der Waals surface area (Å²) in [5, 5.41) is 0. The van der Waals surface area contributed by atoms with Crippen LogP contribution in [0.5, 0.6) is 0 Å². The van der Waals surface area contributed by atoms with E-state index in [1.807, 2.05) is 9.80 Å². The number of carbonyl (C=O) groups excluding carboxylic acids is 2. The van der Waals surface area contributed by atoms with Crippen molar-refractivity contribution in [2.75, 3.05) is 38.1 Å². The molecule has 2 fully saturated rings. The highest BCUT2D eigenvalue weighted by molar-refractivity contribution is 5.94. The van der Waals surface area contributed by atoms with Gasteiger partial charge in [-0.3, -0.25) is 4.79 Å². The first-order chi connectivity index (χ1) is 11.6. The first-order valence-corrected chi connectivity index (χ1v) is 8.64. The number of halogens is 1. The number of rotatable bonds is 2. The summed E-state index contributed by atoms with van der Waals surface area (Å²) in [5.74, 6) is -0.624. The summed E-state index contributed by atoms with van der Waals surface area (Å²) in [4.78, 5) is 30.2. The fourth-order valence-corrected chi connectivity index (χ4v) is 3.54. The Morgan fingerprint density at radius 2 is 1.62 bits per heavy atom. The first kappa shape index (κ1) is 16.7. The summed E-state index contributed by atoms with van der Waals surface area (Å²) >= 11 is 0. The smallest absolute Gasteiger partial charge is 0.319 e. The Morgan fingerprint density at radius 3 is 2.25 bits per heavy atom. The number of urea groups is 1. The third-order valence-electron chi connectivity index (χ3n) is 5.04. The van der Waals surface area contributed by atoms with Gasteiger partial charge in [0, 0.05) is 39.1 Å². The molecule has 0 unspecified atom stereocenters. The fourth-order valence-electron chi connectivity index (χ4n) is 3.54. The lowest BCUT2D eigenvalue weighted by atomic mass is 9.95. The van der Waals surface area contributed by atoms with Crippen LogP contribution in [0, 0.1) is 11.7 Å². The van der Waals surface area contributed by atoms with Crippen LogP contribution in [0.25, 0.3) is 0 Å². The Kier molecular flexibility index (Phi) is 5.02. The van der Waals surface area contributed by atoms with E-state index in [0.717, 1.165) is 25.9 Å². The number of hydrogen-bond acceptors (Lipinski definition) is 2. The molecule has 5 nitrogen and oxygen atoms in total. The van der Waals surface area contributed by atoms with Gasteiger partial charge < -0.3 is 14.7 Å². The number of piperidine rings is 1. The minimum atomic E-state index is -0.394. The van der Waals surface area contributed by atoms with Crippen LogP contribution in [-0.2, 0) is 4.79 Å². The second-order valence-electron chi connectivity index (χ2n) is 6.59. The van der Waals surface area contributed by atoms with Crippen molar-refractivity contribution in [3.05, 3.63) is 30.1 Å². The topological polar surface area (TPSA) is 43.9 Å². The molecular weight excluding hydrogens is 309 g/mol. The van der Waals surface area contributed by atoms with Crippen molar-refractivity contribution in [3.8, 4) is 0 Å². The van der Waals surface area contributed by atoms with Crippen molar-refractivity contribution in [2.45, 2.75) is 25.7 Å². The predicted octanol–water partition coefficient (Wildman–Crippen LogP) is 2.72. The van der Waals surface area contributed by atoms with Crippen molar-refractivity contribution in [2.24, 2.45) is 5.92 Å². The summed E-state index contributed by atoms with van der Waals surface area (Å²) in [5.41, 5.74) is 0.304. The Balaban J connectivity index is 1.57. The Morgan fingerprint density at radius 1 is 1.04 bits per heavy atom. The SMILES string of the molecule is CN(C(=O)C1CCN(C(=O)N2CCCC2)CC1)c1ccccc1F. The Bertz CT molecular complexity index is 608. The summed E-state index contributed by atoms with van der Waals surface area (Å²) in [7, 11) is 1.61. The molecule has 0 aromatic heterocycles. The van der Waals surface area contributed by atoms with Gasteiger partial charge in [0.15, 0.2) is 0 Å². The zero-order chi connectivity index (χ0) is 17.1. The molecule has 0 N–H and O–H groups in total. The second kappa shape index (κ2) is 7.20. The van der Waals surface area contributed by atoms with Crippen LogP contribution < -0.4 is 4.90 Å². The lowest BCUT2D eigenvalue weighted by Crippen LogP contribution is -2.48. The lowest BCUT2D eigenvalue weighted by Gasteiger charge is -2.35. The molecule has 0 bridgehead atoms. The van der Waals surface area contributed by atoms with Gasteiger partial charge in [0.1, 0.15) is 5.82 Å². The van der Waals surface area contributed by atoms with E-state index in [-0.39, 0.29) is 17.9 Å². The maximum absolute atomic E-state index is 13.9. The molecule has 1 aromatic rings. The highest BCUT2D eigenvalue weighted by atomic mass is 19.1. The highest BCUT2D eigenvalue weighted by Gasteiger charge is 2.32. The number of amides is 3. The van der Waals surface area contributed by atoms with Crippen LogP contribution in [0.2, 0.25) is 0 Å². The molecule has 130 valence electrons. The maximum Gasteiger partial charge on any atom is 0.319 e. The van der Waals surface area contributed by atoms with E-state index >= 15 is 0 Å². The van der Waals surface area contributed by atoms with E-state index in [9.17, 15) is 14.0 Å². The third-order valence-corrected chi connectivity index (χ3v) is 5.04. The minimum Gasteiger partial charge on any atom is -0.325 e. The number of anilines is 1. The average molecular weight is 333 g/mol. The van der Waals surface area contributed by atoms with Crippen molar-refractivity contribution >= 4 is 17.6 Å². The van der Waals surface area contributed by atoms with Crippen LogP contribution >= 0.6 is 0 Å². The molecule has 0 aliphatic carbocycles. The summed E-state index contributed by atoms with van der Waals surface area (Å²) in [6, 6.07) is 6.40. The zero-order valence-corrected chi connectivity index (χ0v) is 14.1. The van der Waals surface area contributed by atoms with Crippen LogP contribution in [0.3, 0.4) is 0 Å². The van der Waals surface area contributed by atoms with Gasteiger partial charge in [-0.05, 0) is 37.8 Å². The van der Waals surface area contributed by atoms with Crippen LogP contribution in [0.1, 0.15) is 25.7 Å². The molecule has 2 saturated heterocycles. The normalized spacial score (nSPS) is 18.8. The standard InChI is InChI=1S/C18H24FN3O2/c1-20(16-7-3-2-6-15(16)19)17(23)14-8-12-22(13-9-14)18(24)21-10-4-5-11-21/h2-3,6-7,14H,4-5,8-13H2,1H3. The maximum atomic E-state index is 13.9. The molecule has 6 heteroatoms. The number of hydrogen-bond donors (Lipinski definition) is 0. The summed E-state index contributed by atoms with van der Waals surface area (Å²) in [6.45, 7) is 2.87. The minimum absolute atomic E-state index is 0.0756. The van der Waals surface area contributed by atoms with E-state index in [4.69, 9.17) is 0 Å². The molecule has 0 saturated carbocycles. The number of benzene rings is 1. The van der Waals surface area contributed by atoms with Gasteiger partial charge in [-0.25, -0.2) is 9.18 Å². The monoisotopic (exact) mass is 333 g/mol. The molecule has 3 rings (SSSR count). The van der Waals surface area contributed by atoms with Crippen molar-refractivity contribution in [1.82, 2.24) is 9.80 Å². The molecule has 2 heterocycles. The van der Waals surface area contributed by atoms with Gasteiger partial charge in [0.2, 0.25) is 5.91 Å². The molecule has 1 aromatic carbocycles. The first-order valence-electron chi connectivity index (χ1n) is 8.64. The number of likely N-dealkylation sites (tertiary alicyclic amines) is 2. The van der Waals surface area contributed by atoms with Gasteiger partial charge in [-0.1, -0.05) is 12.1 Å². The number of carbonyl (C=O) groups is 2. The van der Waals surface area contributed by atoms with Gasteiger partial charge in [-0.2, -0.15) is 0 Å². The molecule has 2 aliphatic heterocycles. The van der Waals surface area contributed by atoms with Crippen molar-refractivity contribution in [1.29, 1.82) is 0 Å². The summed E-state index contributed by atoms with van der Waals surface area (Å²) < 4.78 is 13.9. The van der Waals surface area contributed by atoms with E-state index in [0.29, 0.717) is 31.6 Å². The lowest BCUT2D eigenvalue weighted by molar-refractivity contribution is -0.123. The van der Waals surface area contributed by atoms with Gasteiger partial charge in [0.25, 0.3) is 0 Å². The zero-order valence-electron chi connectivity index (χ0n) is 14.1. The molecule has 2 aliphatic rings. The largest absolute Gasteiger partial charge is 0.325 e. The number of para-hydroxylation sites is 1. The molecular formula is C18H24FN3O2. The van der Waals surface area contributed by atoms with E-state index in [1.54, 1.807) is 25.2 Å². The quantitative estimate of drug-likeness (QED) is 0.835. The highest BCUT2D eigenvalue weighted by Crippen LogP contribution is 2.25. The van der Waals surface area contributed by atoms with E-state index < -0.39 is 5.82 Å². The Labute approximate surface area is 142 Å². The van der Waals surface area contributed by atoms with Crippen LogP contribution in [0.15, 0.2) is 24.3 Å². The molecule has 3 amide bonds. The summed E-state index contributed by atoms with van der Waals surface area (Å²) in [6.07, 6.45) is 3.43. The van der Waals surface area contributed by atoms with Gasteiger partial charge in [0.05, 0.1) is 5.69 Å². The second-order valence-corrected chi connectivity index (χ2v) is 6.59. The Hall–Kier alpha value is -2.11. The molecule has 0 spiro atoms.